The van der Waals surface area contributed by atoms with Crippen LogP contribution in [0.2, 0.25) is 0 Å². The van der Waals surface area contributed by atoms with Crippen LogP contribution < -0.4 is 0 Å². The molecule has 0 saturated carbocycles. The summed E-state index contributed by atoms with van der Waals surface area (Å²) >= 11 is 0. The van der Waals surface area contributed by atoms with Crippen LogP contribution in [-0.2, 0) is 20.5 Å². The third kappa shape index (κ3) is 2.63. The zero-order valence-electron chi connectivity index (χ0n) is 10.6. The van der Waals surface area contributed by atoms with E-state index in [1.807, 2.05) is 27.7 Å². The maximum Gasteiger partial charge on any atom is 0.326 e. The Morgan fingerprint density at radius 2 is 1.94 bits per heavy atom. The number of carbonyl (C=O) groups is 1. The lowest BCUT2D eigenvalue weighted by atomic mass is 10.2. The number of hydrogen-bond acceptors (Lipinski definition) is 3. The normalized spacial score (nSPS) is 30.9. The SMILES string of the molecule is CCOC(=O)[C@@H]1[C@H](CC)N1S(=O)C(C)(C)C. The van der Waals surface area contributed by atoms with Gasteiger partial charge in [0.05, 0.1) is 17.4 Å². The lowest BCUT2D eigenvalue weighted by Gasteiger charge is -2.18. The fourth-order valence-corrected chi connectivity index (χ4v) is 3.21. The van der Waals surface area contributed by atoms with Crippen molar-refractivity contribution in [2.24, 2.45) is 0 Å². The van der Waals surface area contributed by atoms with Crippen molar-refractivity contribution >= 4 is 17.0 Å². The van der Waals surface area contributed by atoms with Gasteiger partial charge in [-0.1, -0.05) is 6.92 Å². The average Bonchev–Trinajstić information content (AvgIpc) is 2.89. The predicted molar refractivity (Wildman–Crippen MR) is 64.2 cm³/mol. The molecule has 16 heavy (non-hydrogen) atoms. The van der Waals surface area contributed by atoms with Gasteiger partial charge in [0.2, 0.25) is 0 Å². The largest absolute Gasteiger partial charge is 0.465 e. The van der Waals surface area contributed by atoms with E-state index in [1.54, 1.807) is 11.2 Å². The standard InChI is InChI=1S/C11H21NO3S/c1-6-8-9(10(13)15-7-2)12(8)16(14)11(3,4)5/h8-9H,6-7H2,1-5H3/t8-,9-,12?,16?/m0/s1. The molecule has 94 valence electrons. The van der Waals surface area contributed by atoms with Gasteiger partial charge < -0.3 is 4.74 Å². The van der Waals surface area contributed by atoms with Crippen molar-refractivity contribution in [3.8, 4) is 0 Å². The van der Waals surface area contributed by atoms with Crippen LogP contribution in [0.3, 0.4) is 0 Å². The van der Waals surface area contributed by atoms with E-state index < -0.39 is 11.0 Å². The highest BCUT2D eigenvalue weighted by molar-refractivity contribution is 7.84. The quantitative estimate of drug-likeness (QED) is 0.558. The van der Waals surface area contributed by atoms with Gasteiger partial charge in [0.1, 0.15) is 17.0 Å². The van der Waals surface area contributed by atoms with E-state index >= 15 is 0 Å². The molecule has 0 aliphatic carbocycles. The third-order valence-electron chi connectivity index (χ3n) is 2.54. The monoisotopic (exact) mass is 247 g/mol. The van der Waals surface area contributed by atoms with Crippen LogP contribution in [0.25, 0.3) is 0 Å². The van der Waals surface area contributed by atoms with Crippen molar-refractivity contribution in [2.75, 3.05) is 6.61 Å². The van der Waals surface area contributed by atoms with Gasteiger partial charge in [0, 0.05) is 0 Å². The van der Waals surface area contributed by atoms with Crippen molar-refractivity contribution in [3.63, 3.8) is 0 Å². The number of rotatable bonds is 4. The molecule has 4 nitrogen and oxygen atoms in total. The average molecular weight is 247 g/mol. The fraction of sp³-hybridized carbons (Fsp3) is 0.909. The molecule has 1 aliphatic heterocycles. The van der Waals surface area contributed by atoms with Crippen LogP contribution in [-0.4, -0.2) is 37.9 Å². The van der Waals surface area contributed by atoms with Crippen LogP contribution in [0.1, 0.15) is 41.0 Å². The Kier molecular flexibility index (Phi) is 4.12. The summed E-state index contributed by atoms with van der Waals surface area (Å²) in [5.74, 6) is -0.244. The van der Waals surface area contributed by atoms with E-state index in [1.165, 1.54) is 0 Å². The van der Waals surface area contributed by atoms with Crippen molar-refractivity contribution in [1.29, 1.82) is 0 Å². The summed E-state index contributed by atoms with van der Waals surface area (Å²) in [6.45, 7) is 9.90. The van der Waals surface area contributed by atoms with E-state index in [2.05, 4.69) is 0 Å². The van der Waals surface area contributed by atoms with Gasteiger partial charge >= 0.3 is 5.97 Å². The van der Waals surface area contributed by atoms with Crippen LogP contribution in [0.4, 0.5) is 0 Å². The molecule has 0 aromatic heterocycles. The Morgan fingerprint density at radius 1 is 1.38 bits per heavy atom. The fourth-order valence-electron chi connectivity index (χ4n) is 1.69. The highest BCUT2D eigenvalue weighted by atomic mass is 32.2. The third-order valence-corrected chi connectivity index (χ3v) is 4.47. The van der Waals surface area contributed by atoms with Gasteiger partial charge in [0.15, 0.2) is 0 Å². The lowest BCUT2D eigenvalue weighted by Crippen LogP contribution is -2.30. The van der Waals surface area contributed by atoms with E-state index in [-0.39, 0.29) is 22.8 Å². The van der Waals surface area contributed by atoms with Gasteiger partial charge in [-0.25, -0.2) is 8.51 Å². The minimum absolute atomic E-state index is 0.0825. The summed E-state index contributed by atoms with van der Waals surface area (Å²) in [7, 11) is -1.13. The summed E-state index contributed by atoms with van der Waals surface area (Å²) in [5, 5.41) is 0. The van der Waals surface area contributed by atoms with Crippen LogP contribution >= 0.6 is 0 Å². The van der Waals surface area contributed by atoms with Crippen molar-refractivity contribution < 1.29 is 13.7 Å². The summed E-state index contributed by atoms with van der Waals surface area (Å²) in [6.07, 6.45) is 0.825. The van der Waals surface area contributed by atoms with Crippen molar-refractivity contribution in [3.05, 3.63) is 0 Å². The number of hydrogen-bond donors (Lipinski definition) is 0. The highest BCUT2D eigenvalue weighted by Gasteiger charge is 2.57. The molecule has 1 saturated heterocycles. The molecule has 1 aliphatic rings. The number of nitrogens with zero attached hydrogens (tertiary/aromatic N) is 1. The first-order chi connectivity index (χ1) is 7.34. The minimum atomic E-state index is -1.13. The predicted octanol–water partition coefficient (Wildman–Crippen LogP) is 1.47. The number of esters is 1. The molecule has 1 heterocycles. The Morgan fingerprint density at radius 3 is 2.31 bits per heavy atom. The highest BCUT2D eigenvalue weighted by Crippen LogP contribution is 2.37. The van der Waals surface area contributed by atoms with Crippen molar-refractivity contribution in [2.45, 2.75) is 57.9 Å². The molecule has 0 bridgehead atoms. The lowest BCUT2D eigenvalue weighted by molar-refractivity contribution is -0.143. The molecule has 0 aromatic carbocycles. The minimum Gasteiger partial charge on any atom is -0.465 e. The molecule has 1 rings (SSSR count). The van der Waals surface area contributed by atoms with E-state index in [0.717, 1.165) is 6.42 Å². The Hall–Kier alpha value is -0.420. The molecule has 0 spiro atoms. The second-order valence-electron chi connectivity index (χ2n) is 4.89. The first kappa shape index (κ1) is 13.6. The Labute approximate surface area is 99.9 Å². The van der Waals surface area contributed by atoms with Crippen LogP contribution in [0, 0.1) is 0 Å². The van der Waals surface area contributed by atoms with Gasteiger partial charge in [-0.2, -0.15) is 0 Å². The number of carbonyl (C=O) groups excluding carboxylic acids is 1. The zero-order chi connectivity index (χ0) is 12.5. The maximum atomic E-state index is 12.1. The molecule has 0 N–H and O–H groups in total. The summed E-state index contributed by atoms with van der Waals surface area (Å²) in [4.78, 5) is 11.6. The first-order valence-corrected chi connectivity index (χ1v) is 6.82. The Balaban J connectivity index is 2.70. The maximum absolute atomic E-state index is 12.1. The van der Waals surface area contributed by atoms with Crippen LogP contribution in [0.5, 0.6) is 0 Å². The molecule has 0 aromatic rings. The zero-order valence-corrected chi connectivity index (χ0v) is 11.5. The van der Waals surface area contributed by atoms with E-state index in [4.69, 9.17) is 4.74 Å². The number of ether oxygens (including phenoxy) is 1. The Bertz CT molecular complexity index is 298. The molecule has 5 heteroatoms. The molecular weight excluding hydrogens is 226 g/mol. The smallest absolute Gasteiger partial charge is 0.326 e. The molecule has 4 atom stereocenters. The first-order valence-electron chi connectivity index (χ1n) is 5.71. The van der Waals surface area contributed by atoms with Gasteiger partial charge in [-0.15, -0.1) is 0 Å². The second kappa shape index (κ2) is 4.84. The van der Waals surface area contributed by atoms with Crippen molar-refractivity contribution in [1.82, 2.24) is 4.31 Å². The van der Waals surface area contributed by atoms with E-state index in [0.29, 0.717) is 6.61 Å². The van der Waals surface area contributed by atoms with Gasteiger partial charge in [0.25, 0.3) is 0 Å². The molecule has 0 radical (unpaired) electrons. The molecule has 0 amide bonds. The topological polar surface area (TPSA) is 46.4 Å². The molecular formula is C11H21NO3S. The van der Waals surface area contributed by atoms with Crippen LogP contribution in [0.15, 0.2) is 0 Å². The summed E-state index contributed by atoms with van der Waals surface area (Å²) < 4.78 is 18.6. The summed E-state index contributed by atoms with van der Waals surface area (Å²) in [6, 6.07) is -0.218. The van der Waals surface area contributed by atoms with Gasteiger partial charge in [-0.05, 0) is 34.1 Å². The van der Waals surface area contributed by atoms with Gasteiger partial charge in [-0.3, -0.25) is 4.79 Å². The molecule has 2 unspecified atom stereocenters. The molecule has 1 fully saturated rings. The van der Waals surface area contributed by atoms with E-state index in [9.17, 15) is 9.00 Å². The second-order valence-corrected chi connectivity index (χ2v) is 7.04. The summed E-state index contributed by atoms with van der Waals surface area (Å²) in [5.41, 5.74) is 0.